The fourth-order valence-electron chi connectivity index (χ4n) is 2.09. The lowest BCUT2D eigenvalue weighted by atomic mass is 10.2. The Morgan fingerprint density at radius 2 is 2.10 bits per heavy atom. The van der Waals surface area contributed by atoms with Crippen LogP contribution in [0.5, 0.6) is 0 Å². The van der Waals surface area contributed by atoms with E-state index in [1.54, 1.807) is 11.8 Å². The summed E-state index contributed by atoms with van der Waals surface area (Å²) in [6.07, 6.45) is 2.53. The molecular formula is C12H18N4O3S. The molecule has 1 aromatic heterocycles. The molecule has 3 heterocycles. The summed E-state index contributed by atoms with van der Waals surface area (Å²) in [5, 5.41) is 10.0. The molecule has 0 aliphatic carbocycles. The predicted octanol–water partition coefficient (Wildman–Crippen LogP) is 0.299. The number of aliphatic hydroxyl groups is 1. The van der Waals surface area contributed by atoms with Crippen molar-refractivity contribution >= 4 is 22.7 Å². The summed E-state index contributed by atoms with van der Waals surface area (Å²) in [5.41, 5.74) is 2.23. The molecule has 7 nitrogen and oxygen atoms in total. The SMILES string of the molecule is CC1=C(CCO)SC2=Nc3nc(C)ncc3CN21.O.O. The number of hydrogen-bond donors (Lipinski definition) is 1. The van der Waals surface area contributed by atoms with E-state index in [9.17, 15) is 0 Å². The fraction of sp³-hybridized carbons (Fsp3) is 0.417. The highest BCUT2D eigenvalue weighted by atomic mass is 32.2. The summed E-state index contributed by atoms with van der Waals surface area (Å²) in [4.78, 5) is 16.5. The second kappa shape index (κ2) is 6.31. The van der Waals surface area contributed by atoms with Gasteiger partial charge in [-0.25, -0.2) is 15.0 Å². The van der Waals surface area contributed by atoms with Crippen LogP contribution in [-0.4, -0.2) is 42.7 Å². The van der Waals surface area contributed by atoms with E-state index in [0.29, 0.717) is 6.42 Å². The number of fused-ring (bicyclic) bond motifs is 2. The molecule has 0 radical (unpaired) electrons. The highest BCUT2D eigenvalue weighted by Crippen LogP contribution is 2.41. The molecule has 1 aromatic rings. The van der Waals surface area contributed by atoms with Crippen molar-refractivity contribution in [3.63, 3.8) is 0 Å². The Kier molecular flexibility index (Phi) is 5.23. The van der Waals surface area contributed by atoms with Gasteiger partial charge in [0.15, 0.2) is 11.0 Å². The first kappa shape index (κ1) is 16.6. The first-order valence-corrected chi connectivity index (χ1v) is 6.68. The van der Waals surface area contributed by atoms with Gasteiger partial charge < -0.3 is 21.0 Å². The van der Waals surface area contributed by atoms with E-state index in [4.69, 9.17) is 5.11 Å². The maximum atomic E-state index is 9.06. The van der Waals surface area contributed by atoms with Gasteiger partial charge in [0.2, 0.25) is 0 Å². The number of allylic oxidation sites excluding steroid dienone is 1. The van der Waals surface area contributed by atoms with E-state index >= 15 is 0 Å². The Morgan fingerprint density at radius 3 is 2.80 bits per heavy atom. The Hall–Kier alpha value is -1.48. The lowest BCUT2D eigenvalue weighted by molar-refractivity contribution is 0.300. The molecule has 2 aliphatic rings. The molecule has 0 atom stereocenters. The third-order valence-electron chi connectivity index (χ3n) is 3.08. The normalized spacial score (nSPS) is 15.9. The Morgan fingerprint density at radius 1 is 1.35 bits per heavy atom. The van der Waals surface area contributed by atoms with E-state index in [1.807, 2.05) is 13.1 Å². The number of thioether (sulfide) groups is 1. The average Bonchev–Trinajstić information content (AvgIpc) is 2.64. The van der Waals surface area contributed by atoms with Crippen molar-refractivity contribution in [3.8, 4) is 0 Å². The molecule has 0 unspecified atom stereocenters. The third kappa shape index (κ3) is 2.68. The monoisotopic (exact) mass is 298 g/mol. The molecule has 8 heteroatoms. The molecule has 0 fully saturated rings. The van der Waals surface area contributed by atoms with Crippen LogP contribution in [-0.2, 0) is 6.54 Å². The number of amidine groups is 1. The molecule has 0 saturated carbocycles. The van der Waals surface area contributed by atoms with E-state index < -0.39 is 0 Å². The molecule has 3 rings (SSSR count). The van der Waals surface area contributed by atoms with E-state index in [0.717, 1.165) is 28.9 Å². The first-order chi connectivity index (χ1) is 8.69. The summed E-state index contributed by atoms with van der Waals surface area (Å²) >= 11 is 1.63. The van der Waals surface area contributed by atoms with Gasteiger partial charge in [0.05, 0.1) is 6.54 Å². The molecule has 2 aliphatic heterocycles. The van der Waals surface area contributed by atoms with Gasteiger partial charge in [-0.1, -0.05) is 11.8 Å². The summed E-state index contributed by atoms with van der Waals surface area (Å²) in [6.45, 7) is 4.88. The molecule has 0 saturated heterocycles. The minimum atomic E-state index is 0. The van der Waals surface area contributed by atoms with Crippen LogP contribution in [0.1, 0.15) is 24.7 Å². The number of rotatable bonds is 2. The number of aliphatic hydroxyl groups excluding tert-OH is 1. The van der Waals surface area contributed by atoms with Crippen molar-refractivity contribution < 1.29 is 16.1 Å². The van der Waals surface area contributed by atoms with Gasteiger partial charge in [0, 0.05) is 35.4 Å². The summed E-state index contributed by atoms with van der Waals surface area (Å²) in [7, 11) is 0. The zero-order valence-corrected chi connectivity index (χ0v) is 12.2. The van der Waals surface area contributed by atoms with Crippen LogP contribution in [0, 0.1) is 6.92 Å². The van der Waals surface area contributed by atoms with Gasteiger partial charge in [0.25, 0.3) is 0 Å². The van der Waals surface area contributed by atoms with Crippen molar-refractivity contribution in [2.75, 3.05) is 6.61 Å². The smallest absolute Gasteiger partial charge is 0.175 e. The van der Waals surface area contributed by atoms with Crippen molar-refractivity contribution in [2.45, 2.75) is 26.8 Å². The largest absolute Gasteiger partial charge is 0.412 e. The van der Waals surface area contributed by atoms with Gasteiger partial charge >= 0.3 is 0 Å². The van der Waals surface area contributed by atoms with Crippen LogP contribution in [0.4, 0.5) is 5.82 Å². The molecule has 20 heavy (non-hydrogen) atoms. The standard InChI is InChI=1S/C12H14N4OS.2H2O/c1-7-10(3-4-17)18-12-15-11-9(6-16(7)12)5-13-8(2)14-11;;/h5,17H,3-4,6H2,1-2H3;2*1H2. The number of aryl methyl sites for hydroxylation is 1. The second-order valence-electron chi connectivity index (χ2n) is 4.33. The van der Waals surface area contributed by atoms with Crippen molar-refractivity contribution in [3.05, 3.63) is 28.2 Å². The van der Waals surface area contributed by atoms with Crippen molar-refractivity contribution in [1.82, 2.24) is 14.9 Å². The lowest BCUT2D eigenvalue weighted by Crippen LogP contribution is -2.25. The quantitative estimate of drug-likeness (QED) is 0.840. The van der Waals surface area contributed by atoms with Crippen LogP contribution >= 0.6 is 11.8 Å². The molecule has 5 N–H and O–H groups in total. The van der Waals surface area contributed by atoms with Crippen molar-refractivity contribution in [2.24, 2.45) is 4.99 Å². The van der Waals surface area contributed by atoms with Gasteiger partial charge in [-0.05, 0) is 13.8 Å². The lowest BCUT2D eigenvalue weighted by Gasteiger charge is -2.24. The maximum Gasteiger partial charge on any atom is 0.175 e. The van der Waals surface area contributed by atoms with Crippen LogP contribution in [0.3, 0.4) is 0 Å². The van der Waals surface area contributed by atoms with Gasteiger partial charge in [-0.15, -0.1) is 0 Å². The van der Waals surface area contributed by atoms with Gasteiger partial charge in [-0.2, -0.15) is 0 Å². The zero-order chi connectivity index (χ0) is 12.7. The highest BCUT2D eigenvalue weighted by molar-refractivity contribution is 8.17. The van der Waals surface area contributed by atoms with Gasteiger partial charge in [0.1, 0.15) is 5.82 Å². The van der Waals surface area contributed by atoms with Crippen LogP contribution in [0.2, 0.25) is 0 Å². The van der Waals surface area contributed by atoms with Crippen LogP contribution in [0.25, 0.3) is 0 Å². The molecule has 110 valence electrons. The number of aliphatic imine (C=N–C) groups is 1. The predicted molar refractivity (Wildman–Crippen MR) is 78.6 cm³/mol. The third-order valence-corrected chi connectivity index (χ3v) is 4.32. The molecule has 0 bridgehead atoms. The number of aromatic nitrogens is 2. The number of hydrogen-bond acceptors (Lipinski definition) is 6. The van der Waals surface area contributed by atoms with Gasteiger partial charge in [-0.3, -0.25) is 0 Å². The summed E-state index contributed by atoms with van der Waals surface area (Å²) in [6, 6.07) is 0. The first-order valence-electron chi connectivity index (χ1n) is 5.86. The summed E-state index contributed by atoms with van der Waals surface area (Å²) < 4.78 is 0. The molecule has 0 spiro atoms. The Labute approximate surface area is 121 Å². The molecule has 0 aromatic carbocycles. The fourth-order valence-corrected chi connectivity index (χ4v) is 3.20. The topological polar surface area (TPSA) is 125 Å². The Bertz CT molecular complexity index is 574. The Balaban J connectivity index is 0.000001000. The average molecular weight is 298 g/mol. The minimum Gasteiger partial charge on any atom is -0.412 e. The van der Waals surface area contributed by atoms with E-state index in [2.05, 4.69) is 26.8 Å². The highest BCUT2D eigenvalue weighted by Gasteiger charge is 2.30. The zero-order valence-electron chi connectivity index (χ0n) is 11.3. The minimum absolute atomic E-state index is 0. The molecule has 0 amide bonds. The van der Waals surface area contributed by atoms with E-state index in [1.165, 1.54) is 10.6 Å². The second-order valence-corrected chi connectivity index (χ2v) is 5.39. The van der Waals surface area contributed by atoms with Crippen LogP contribution in [0.15, 0.2) is 21.8 Å². The summed E-state index contributed by atoms with van der Waals surface area (Å²) in [5.74, 6) is 1.52. The van der Waals surface area contributed by atoms with Crippen molar-refractivity contribution in [1.29, 1.82) is 0 Å². The number of nitrogens with zero attached hydrogens (tertiary/aromatic N) is 4. The van der Waals surface area contributed by atoms with Crippen LogP contribution < -0.4 is 0 Å². The maximum absolute atomic E-state index is 9.06. The van der Waals surface area contributed by atoms with E-state index in [-0.39, 0.29) is 17.6 Å². The molecular weight excluding hydrogens is 280 g/mol.